The molecular weight excluding hydrogens is 294 g/mol. The van der Waals surface area contributed by atoms with Gasteiger partial charge < -0.3 is 14.8 Å². The highest BCUT2D eigenvalue weighted by Gasteiger charge is 2.22. The van der Waals surface area contributed by atoms with E-state index < -0.39 is 0 Å². The zero-order chi connectivity index (χ0) is 13.1. The highest BCUT2D eigenvalue weighted by molar-refractivity contribution is 9.10. The van der Waals surface area contributed by atoms with Crippen molar-refractivity contribution >= 4 is 15.9 Å². The molecule has 0 saturated carbocycles. The monoisotopic (exact) mass is 313 g/mol. The van der Waals surface area contributed by atoms with Gasteiger partial charge in [-0.1, -0.05) is 13.8 Å². The Morgan fingerprint density at radius 1 is 1.33 bits per heavy atom. The number of rotatable bonds is 4. The first kappa shape index (κ1) is 13.7. The van der Waals surface area contributed by atoms with Crippen LogP contribution in [-0.2, 0) is 6.42 Å². The Balaban J connectivity index is 2.46. The summed E-state index contributed by atoms with van der Waals surface area (Å²) in [6, 6.07) is 2.13. The Kier molecular flexibility index (Phi) is 4.51. The van der Waals surface area contributed by atoms with E-state index >= 15 is 0 Å². The summed E-state index contributed by atoms with van der Waals surface area (Å²) in [7, 11) is 1.97. The average Bonchev–Trinajstić information content (AvgIpc) is 2.36. The van der Waals surface area contributed by atoms with Crippen LogP contribution in [0.5, 0.6) is 11.5 Å². The molecule has 2 rings (SSSR count). The van der Waals surface area contributed by atoms with Gasteiger partial charge in [0, 0.05) is 0 Å². The first-order valence-electron chi connectivity index (χ1n) is 6.40. The highest BCUT2D eigenvalue weighted by atomic mass is 79.9. The van der Waals surface area contributed by atoms with Gasteiger partial charge >= 0.3 is 0 Å². The van der Waals surface area contributed by atoms with Crippen molar-refractivity contribution in [1.82, 2.24) is 5.32 Å². The third-order valence-electron chi connectivity index (χ3n) is 3.12. The average molecular weight is 314 g/mol. The fraction of sp³-hybridized carbons (Fsp3) is 0.571. The first-order chi connectivity index (χ1) is 8.65. The molecule has 0 spiro atoms. The van der Waals surface area contributed by atoms with Crippen molar-refractivity contribution < 1.29 is 9.47 Å². The summed E-state index contributed by atoms with van der Waals surface area (Å²) in [5, 5.41) is 3.19. The predicted octanol–water partition coefficient (Wildman–Crippen LogP) is 3.11. The second kappa shape index (κ2) is 5.93. The molecule has 0 bridgehead atoms. The van der Waals surface area contributed by atoms with Gasteiger partial charge in [-0.3, -0.25) is 0 Å². The largest absolute Gasteiger partial charge is 0.486 e. The van der Waals surface area contributed by atoms with Gasteiger partial charge in [0.2, 0.25) is 0 Å². The lowest BCUT2D eigenvalue weighted by atomic mass is 9.94. The third-order valence-corrected chi connectivity index (χ3v) is 3.91. The van der Waals surface area contributed by atoms with Crippen molar-refractivity contribution in [2.75, 3.05) is 26.8 Å². The summed E-state index contributed by atoms with van der Waals surface area (Å²) in [6.45, 7) is 6.63. The maximum atomic E-state index is 5.72. The number of fused-ring (bicyclic) bond motifs is 1. The number of likely N-dealkylation sites (N-methyl/N-ethyl adjacent to an activating group) is 1. The van der Waals surface area contributed by atoms with Gasteiger partial charge in [0.25, 0.3) is 0 Å². The van der Waals surface area contributed by atoms with Gasteiger partial charge in [-0.15, -0.1) is 0 Å². The molecule has 100 valence electrons. The summed E-state index contributed by atoms with van der Waals surface area (Å²) in [4.78, 5) is 0. The molecule has 0 saturated heterocycles. The van der Waals surface area contributed by atoms with Crippen molar-refractivity contribution in [2.24, 2.45) is 0 Å². The number of nitrogens with one attached hydrogen (secondary N) is 1. The zero-order valence-corrected chi connectivity index (χ0v) is 12.8. The van der Waals surface area contributed by atoms with Gasteiger partial charge in [0.05, 0.1) is 4.47 Å². The molecule has 1 aromatic rings. The van der Waals surface area contributed by atoms with Crippen LogP contribution in [0.3, 0.4) is 0 Å². The number of hydrogen-bond donors (Lipinski definition) is 1. The van der Waals surface area contributed by atoms with Crippen molar-refractivity contribution in [2.45, 2.75) is 26.2 Å². The van der Waals surface area contributed by atoms with E-state index in [0.717, 1.165) is 28.9 Å². The van der Waals surface area contributed by atoms with Crippen molar-refractivity contribution in [3.8, 4) is 11.5 Å². The standard InChI is InChI=1S/C14H20BrNO2/c1-9(2)12-10(4-5-16-3)8-11-14(13(12)15)18-7-6-17-11/h8-9,16H,4-7H2,1-3H3. The van der Waals surface area contributed by atoms with Crippen molar-refractivity contribution in [3.05, 3.63) is 21.7 Å². The van der Waals surface area contributed by atoms with Crippen LogP contribution in [0.1, 0.15) is 30.9 Å². The first-order valence-corrected chi connectivity index (χ1v) is 7.20. The predicted molar refractivity (Wildman–Crippen MR) is 76.9 cm³/mol. The molecule has 18 heavy (non-hydrogen) atoms. The normalized spacial score (nSPS) is 14.1. The van der Waals surface area contributed by atoms with Crippen LogP contribution in [0.2, 0.25) is 0 Å². The van der Waals surface area contributed by atoms with Gasteiger partial charge in [0.1, 0.15) is 13.2 Å². The summed E-state index contributed by atoms with van der Waals surface area (Å²) in [5.41, 5.74) is 2.66. The van der Waals surface area contributed by atoms with Gasteiger partial charge in [-0.05, 0) is 59.1 Å². The fourth-order valence-corrected chi connectivity index (χ4v) is 3.32. The molecule has 0 amide bonds. The fourth-order valence-electron chi connectivity index (χ4n) is 2.30. The van der Waals surface area contributed by atoms with E-state index in [1.165, 1.54) is 11.1 Å². The number of ether oxygens (including phenoxy) is 2. The molecule has 1 heterocycles. The van der Waals surface area contributed by atoms with E-state index in [1.807, 2.05) is 7.05 Å². The van der Waals surface area contributed by atoms with Crippen molar-refractivity contribution in [3.63, 3.8) is 0 Å². The smallest absolute Gasteiger partial charge is 0.175 e. The zero-order valence-electron chi connectivity index (χ0n) is 11.2. The van der Waals surface area contributed by atoms with E-state index in [2.05, 4.69) is 41.2 Å². The Bertz CT molecular complexity index is 432. The second-order valence-corrected chi connectivity index (χ2v) is 5.59. The lowest BCUT2D eigenvalue weighted by Gasteiger charge is -2.24. The second-order valence-electron chi connectivity index (χ2n) is 4.80. The summed E-state index contributed by atoms with van der Waals surface area (Å²) < 4.78 is 12.5. The van der Waals surface area contributed by atoms with Crippen LogP contribution in [0.15, 0.2) is 10.5 Å². The van der Waals surface area contributed by atoms with Crippen LogP contribution < -0.4 is 14.8 Å². The Hall–Kier alpha value is -0.740. The topological polar surface area (TPSA) is 30.5 Å². The van der Waals surface area contributed by atoms with Gasteiger partial charge in [-0.25, -0.2) is 0 Å². The van der Waals surface area contributed by atoms with E-state index in [1.54, 1.807) is 0 Å². The van der Waals surface area contributed by atoms with Gasteiger partial charge in [0.15, 0.2) is 11.5 Å². The molecule has 1 N–H and O–H groups in total. The van der Waals surface area contributed by atoms with Crippen LogP contribution in [0.25, 0.3) is 0 Å². The molecule has 0 radical (unpaired) electrons. The van der Waals surface area contributed by atoms with Crippen LogP contribution in [0, 0.1) is 0 Å². The molecule has 0 atom stereocenters. The molecule has 1 aliphatic heterocycles. The maximum absolute atomic E-state index is 5.72. The molecule has 0 aliphatic carbocycles. The SMILES string of the molecule is CNCCc1cc2c(c(Br)c1C(C)C)OCCO2. The van der Waals surface area contributed by atoms with E-state index in [-0.39, 0.29) is 0 Å². The minimum atomic E-state index is 0.460. The molecular formula is C14H20BrNO2. The van der Waals surface area contributed by atoms with E-state index in [9.17, 15) is 0 Å². The number of halogens is 1. The molecule has 1 aliphatic rings. The minimum Gasteiger partial charge on any atom is -0.486 e. The minimum absolute atomic E-state index is 0.460. The molecule has 0 fully saturated rings. The molecule has 3 nitrogen and oxygen atoms in total. The van der Waals surface area contributed by atoms with E-state index in [4.69, 9.17) is 9.47 Å². The number of benzene rings is 1. The number of hydrogen-bond acceptors (Lipinski definition) is 3. The summed E-state index contributed by atoms with van der Waals surface area (Å²) in [6.07, 6.45) is 0.999. The maximum Gasteiger partial charge on any atom is 0.175 e. The van der Waals surface area contributed by atoms with Crippen LogP contribution in [-0.4, -0.2) is 26.8 Å². The quantitative estimate of drug-likeness (QED) is 0.926. The Morgan fingerprint density at radius 2 is 2.06 bits per heavy atom. The third kappa shape index (κ3) is 2.64. The Labute approximate surface area is 117 Å². The van der Waals surface area contributed by atoms with Crippen LogP contribution >= 0.6 is 15.9 Å². The summed E-state index contributed by atoms with van der Waals surface area (Å²) >= 11 is 3.68. The van der Waals surface area contributed by atoms with E-state index in [0.29, 0.717) is 19.1 Å². The Morgan fingerprint density at radius 3 is 2.72 bits per heavy atom. The lowest BCUT2D eigenvalue weighted by Crippen LogP contribution is -2.18. The summed E-state index contributed by atoms with van der Waals surface area (Å²) in [5.74, 6) is 2.18. The lowest BCUT2D eigenvalue weighted by molar-refractivity contribution is 0.170. The molecule has 4 heteroatoms. The molecule has 0 unspecified atom stereocenters. The van der Waals surface area contributed by atoms with Gasteiger partial charge in [-0.2, -0.15) is 0 Å². The molecule has 1 aromatic carbocycles. The van der Waals surface area contributed by atoms with Crippen molar-refractivity contribution in [1.29, 1.82) is 0 Å². The highest BCUT2D eigenvalue weighted by Crippen LogP contribution is 2.44. The van der Waals surface area contributed by atoms with Crippen LogP contribution in [0.4, 0.5) is 0 Å². The molecule has 0 aromatic heterocycles.